The number of hydrogen-bond donors (Lipinski definition) is 2. The van der Waals surface area contributed by atoms with Crippen LogP contribution in [0, 0.1) is 7.14 Å². The summed E-state index contributed by atoms with van der Waals surface area (Å²) in [6, 6.07) is 48.5. The van der Waals surface area contributed by atoms with E-state index in [-0.39, 0.29) is 0 Å². The van der Waals surface area contributed by atoms with Gasteiger partial charge in [-0.25, -0.2) is 0 Å². The van der Waals surface area contributed by atoms with Crippen LogP contribution in [0.5, 0.6) is 0 Å². The van der Waals surface area contributed by atoms with Gasteiger partial charge in [-0.1, -0.05) is 0 Å². The number of rotatable bonds is 5. The monoisotopic (exact) mass is 734 g/mol. The van der Waals surface area contributed by atoms with E-state index in [9.17, 15) is 10.0 Å². The summed E-state index contributed by atoms with van der Waals surface area (Å²) >= 11 is 0.859. The zero-order valence-corrected chi connectivity index (χ0v) is 26.6. The van der Waals surface area contributed by atoms with E-state index in [4.69, 9.17) is 0 Å². The molecule has 0 atom stereocenters. The van der Waals surface area contributed by atoms with Gasteiger partial charge in [-0.2, -0.15) is 0 Å². The average Bonchev–Trinajstić information content (AvgIpc) is 3.54. The van der Waals surface area contributed by atoms with E-state index >= 15 is 0 Å². The van der Waals surface area contributed by atoms with Crippen molar-refractivity contribution in [1.82, 2.24) is 9.13 Å². The summed E-state index contributed by atoms with van der Waals surface area (Å²) in [6.07, 6.45) is 0. The number of benzene rings is 6. The molecule has 43 heavy (non-hydrogen) atoms. The van der Waals surface area contributed by atoms with Crippen LogP contribution in [0.15, 0.2) is 144 Å². The Balaban J connectivity index is 1.49. The second kappa shape index (κ2) is 10.7. The molecule has 0 aliphatic carbocycles. The fourth-order valence-corrected chi connectivity index (χ4v) is 11.7. The molecule has 8 rings (SSSR count). The minimum atomic E-state index is -2.75. The summed E-state index contributed by atoms with van der Waals surface area (Å²) in [5, 5.41) is 26.6. The molecule has 0 saturated carbocycles. The van der Waals surface area contributed by atoms with Crippen molar-refractivity contribution in [2.75, 3.05) is 0 Å². The van der Waals surface area contributed by atoms with E-state index in [1.165, 1.54) is 21.5 Å². The van der Waals surface area contributed by atoms with E-state index in [0.29, 0.717) is 0 Å². The molecule has 0 bridgehead atoms. The zero-order chi connectivity index (χ0) is 29.1. The van der Waals surface area contributed by atoms with Gasteiger partial charge in [0.05, 0.1) is 0 Å². The van der Waals surface area contributed by atoms with Crippen LogP contribution >= 0.6 is 35.5 Å². The molecular formula is C36H25BBrIN2O2. The summed E-state index contributed by atoms with van der Waals surface area (Å²) in [6.45, 7) is 0. The molecule has 6 aromatic carbocycles. The van der Waals surface area contributed by atoms with Gasteiger partial charge < -0.3 is 0 Å². The quantitative estimate of drug-likeness (QED) is 0.137. The Morgan fingerprint density at radius 1 is 0.465 bits per heavy atom. The maximum absolute atomic E-state index is 10.9. The predicted molar refractivity (Wildman–Crippen MR) is 191 cm³/mol. The van der Waals surface area contributed by atoms with Crippen LogP contribution in [-0.2, 0) is 0 Å². The van der Waals surface area contributed by atoms with Crippen molar-refractivity contribution in [1.29, 1.82) is 0 Å². The topological polar surface area (TPSA) is 50.3 Å². The second-order valence-electron chi connectivity index (χ2n) is 10.5. The second-order valence-corrected chi connectivity index (χ2v) is 16.8. The average molecular weight is 735 g/mol. The van der Waals surface area contributed by atoms with E-state index in [1.54, 1.807) is 0 Å². The molecule has 0 unspecified atom stereocenters. The molecule has 0 aliphatic heterocycles. The van der Waals surface area contributed by atoms with E-state index in [0.717, 1.165) is 45.1 Å². The van der Waals surface area contributed by atoms with E-state index < -0.39 is 24.6 Å². The molecule has 208 valence electrons. The van der Waals surface area contributed by atoms with Gasteiger partial charge in [-0.15, -0.1) is 0 Å². The number of fused-ring (bicyclic) bond motifs is 6. The molecule has 0 spiro atoms. The van der Waals surface area contributed by atoms with Crippen LogP contribution in [0.2, 0.25) is 0 Å². The SMILES string of the molecule is OB(O)I(c1cccc(Br)c1)c1cc(-n2c3ccccc3c3ccccc32)cc(-n2c3ccccc3c3ccccc32)c1. The van der Waals surface area contributed by atoms with Crippen LogP contribution in [0.25, 0.3) is 55.0 Å². The Morgan fingerprint density at radius 3 is 1.28 bits per heavy atom. The number of para-hydroxylation sites is 4. The third kappa shape index (κ3) is 4.41. The van der Waals surface area contributed by atoms with Gasteiger partial charge in [0.25, 0.3) is 0 Å². The molecule has 2 heterocycles. The van der Waals surface area contributed by atoms with Crippen molar-refractivity contribution in [2.45, 2.75) is 0 Å². The van der Waals surface area contributed by atoms with Gasteiger partial charge in [0.2, 0.25) is 0 Å². The van der Waals surface area contributed by atoms with Gasteiger partial charge in [0.15, 0.2) is 0 Å². The van der Waals surface area contributed by atoms with Crippen molar-refractivity contribution >= 4 is 84.1 Å². The fourth-order valence-electron chi connectivity index (χ4n) is 6.27. The van der Waals surface area contributed by atoms with Crippen LogP contribution in [0.4, 0.5) is 0 Å². The molecule has 2 aromatic heterocycles. The Bertz CT molecular complexity index is 2090. The maximum atomic E-state index is 10.9. The number of halogens is 2. The first kappa shape index (κ1) is 26.7. The standard InChI is InChI=1S/C36H25BBrIN2O2/c38-24-10-9-11-25(20-24)39(37(42)43)26-21-27(40-33-16-5-1-12-29(33)30-13-2-6-17-34(30)40)23-28(22-26)41-35-18-7-3-14-31(35)32-15-4-8-19-36(32)41/h1-23,42-43H. The summed E-state index contributed by atoms with van der Waals surface area (Å²) in [7, 11) is 0. The first-order valence-electron chi connectivity index (χ1n) is 14.0. The minimum absolute atomic E-state index is 0.925. The molecule has 0 amide bonds. The Hall–Kier alpha value is -3.89. The van der Waals surface area contributed by atoms with Crippen molar-refractivity contribution < 1.29 is 10.0 Å². The third-order valence-electron chi connectivity index (χ3n) is 8.00. The third-order valence-corrected chi connectivity index (χ3v) is 13.6. The van der Waals surface area contributed by atoms with Crippen molar-refractivity contribution in [2.24, 2.45) is 0 Å². The Kier molecular flexibility index (Phi) is 6.64. The van der Waals surface area contributed by atoms with Crippen LogP contribution in [0.3, 0.4) is 0 Å². The molecular weight excluding hydrogens is 710 g/mol. The molecule has 0 radical (unpaired) electrons. The molecule has 0 fully saturated rings. The molecule has 4 nitrogen and oxygen atoms in total. The van der Waals surface area contributed by atoms with Crippen molar-refractivity contribution in [3.05, 3.63) is 151 Å². The molecule has 0 aliphatic rings. The Labute approximate surface area is 264 Å². The van der Waals surface area contributed by atoms with Gasteiger partial charge >= 0.3 is 266 Å². The molecule has 0 saturated heterocycles. The van der Waals surface area contributed by atoms with E-state index in [2.05, 4.69) is 140 Å². The number of aromatic nitrogens is 2. The molecule has 7 heteroatoms. The zero-order valence-electron chi connectivity index (χ0n) is 22.9. The summed E-state index contributed by atoms with van der Waals surface area (Å²) in [5.41, 5.74) is 6.43. The van der Waals surface area contributed by atoms with Crippen LogP contribution in [0.1, 0.15) is 0 Å². The van der Waals surface area contributed by atoms with E-state index in [1.807, 2.05) is 24.3 Å². The molecule has 2 N–H and O–H groups in total. The van der Waals surface area contributed by atoms with Gasteiger partial charge in [-0.3, -0.25) is 0 Å². The van der Waals surface area contributed by atoms with Crippen molar-refractivity contribution in [3.63, 3.8) is 0 Å². The summed E-state index contributed by atoms with van der Waals surface area (Å²) in [5.74, 6) is 0. The van der Waals surface area contributed by atoms with Crippen molar-refractivity contribution in [3.8, 4) is 11.4 Å². The number of nitrogens with zero attached hydrogens (tertiary/aromatic N) is 2. The molecule has 8 aromatic rings. The fraction of sp³-hybridized carbons (Fsp3) is 0. The van der Waals surface area contributed by atoms with Gasteiger partial charge in [0, 0.05) is 0 Å². The normalized spacial score (nSPS) is 12.0. The first-order valence-corrected chi connectivity index (χ1v) is 18.2. The van der Waals surface area contributed by atoms with Gasteiger partial charge in [-0.05, 0) is 0 Å². The predicted octanol–water partition coefficient (Wildman–Crippen LogP) is 9.16. The van der Waals surface area contributed by atoms with Crippen LogP contribution < -0.4 is 0 Å². The number of hydrogen-bond acceptors (Lipinski definition) is 2. The van der Waals surface area contributed by atoms with Gasteiger partial charge in [0.1, 0.15) is 0 Å². The first-order chi connectivity index (χ1) is 21.1. The van der Waals surface area contributed by atoms with Crippen LogP contribution in [-0.4, -0.2) is 24.2 Å². The summed E-state index contributed by atoms with van der Waals surface area (Å²) < 4.78 is 7.48. The Morgan fingerprint density at radius 2 is 0.884 bits per heavy atom. The summed E-state index contributed by atoms with van der Waals surface area (Å²) in [4.78, 5) is -1.45.